The van der Waals surface area contributed by atoms with Gasteiger partial charge in [-0.3, -0.25) is 9.59 Å². The number of carbonyl (C=O) groups is 2. The third-order valence-corrected chi connectivity index (χ3v) is 10.1. The highest BCUT2D eigenvalue weighted by Crippen LogP contribution is 2.34. The van der Waals surface area contributed by atoms with Crippen molar-refractivity contribution in [3.8, 4) is 0 Å². The van der Waals surface area contributed by atoms with Gasteiger partial charge in [-0.25, -0.2) is 9.36 Å². The molecular weight excluding hydrogens is 712 g/mol. The Hall–Kier alpha value is -3.43. The average molecular weight is 760 g/mol. The summed E-state index contributed by atoms with van der Waals surface area (Å²) in [4.78, 5) is 23.2. The Morgan fingerprint density at radius 1 is 0.833 bits per heavy atom. The molecule has 2 fully saturated rings. The molecule has 0 aliphatic heterocycles. The lowest BCUT2D eigenvalue weighted by Gasteiger charge is -2.22. The van der Waals surface area contributed by atoms with Gasteiger partial charge in [0, 0.05) is 25.5 Å². The summed E-state index contributed by atoms with van der Waals surface area (Å²) in [5.74, 6) is 1.65. The standard InChI is InChI=1S/C16H21N5OS.C14H18BrNO.C2H4N4S.CH4/c1-21-16(18-19-20-21)23-11-15(22)17-14-9-7-13(8-10-14)12-5-3-2-4-6-12;15-10-14(17)16-13-8-6-12(7-9-13)11-4-2-1-3-5-11;1-6-2(7)3-4-5-6;/h7-10,12H,2-6,11H2,1H3,(H,17,22);6-9,11H,1-5,10H2,(H,16,17);1H3,(H,3,5,7);1H4. The smallest absolute Gasteiger partial charge is 0.237 e. The summed E-state index contributed by atoms with van der Waals surface area (Å²) in [7, 11) is 3.51. The zero-order valence-electron chi connectivity index (χ0n) is 26.9. The molecule has 2 aliphatic rings. The predicted molar refractivity (Wildman–Crippen MR) is 198 cm³/mol. The van der Waals surface area contributed by atoms with Crippen LogP contribution >= 0.6 is 39.9 Å². The second-order valence-corrected chi connectivity index (χ2v) is 13.5. The van der Waals surface area contributed by atoms with E-state index >= 15 is 0 Å². The van der Waals surface area contributed by atoms with Gasteiger partial charge in [0.1, 0.15) is 0 Å². The van der Waals surface area contributed by atoms with Gasteiger partial charge in [0.15, 0.2) is 0 Å². The van der Waals surface area contributed by atoms with Crippen LogP contribution < -0.4 is 10.6 Å². The van der Waals surface area contributed by atoms with Crippen molar-refractivity contribution in [2.75, 3.05) is 21.7 Å². The Kier molecular flexibility index (Phi) is 16.9. The topological polar surface area (TPSA) is 148 Å². The predicted octanol–water partition coefficient (Wildman–Crippen LogP) is 7.57. The SMILES string of the molecule is C.Cn1[nH]nnc1=S.Cn1nnnc1SCC(=O)Nc1ccc(C2CCCCC2)cc1.O=C(CBr)Nc1ccc(C2CCCCC2)cc1. The minimum absolute atomic E-state index is 0. The fraction of sp³-hybridized carbons (Fsp3) is 0.515. The van der Waals surface area contributed by atoms with E-state index in [1.54, 1.807) is 23.5 Å². The zero-order valence-corrected chi connectivity index (χ0v) is 30.1. The largest absolute Gasteiger partial charge is 0.325 e. The van der Waals surface area contributed by atoms with E-state index in [0.29, 0.717) is 26.9 Å². The number of nitrogens with zero attached hydrogens (tertiary/aromatic N) is 7. The van der Waals surface area contributed by atoms with E-state index < -0.39 is 0 Å². The second kappa shape index (κ2) is 20.8. The zero-order chi connectivity index (χ0) is 33.4. The van der Waals surface area contributed by atoms with Gasteiger partial charge in [-0.1, -0.05) is 108 Å². The number of aryl methyl sites for hydroxylation is 2. The van der Waals surface area contributed by atoms with Crippen LogP contribution in [-0.4, -0.2) is 63.3 Å². The minimum Gasteiger partial charge on any atom is -0.325 e. The lowest BCUT2D eigenvalue weighted by atomic mass is 9.84. The highest BCUT2D eigenvalue weighted by molar-refractivity contribution is 9.09. The highest BCUT2D eigenvalue weighted by atomic mass is 79.9. The number of anilines is 2. The van der Waals surface area contributed by atoms with E-state index in [1.807, 2.05) is 24.3 Å². The molecule has 2 amide bonds. The number of rotatable bonds is 8. The summed E-state index contributed by atoms with van der Waals surface area (Å²) in [5.41, 5.74) is 4.53. The molecule has 12 nitrogen and oxygen atoms in total. The van der Waals surface area contributed by atoms with Crippen molar-refractivity contribution in [3.05, 3.63) is 64.4 Å². The number of hydrogen-bond acceptors (Lipinski definition) is 9. The van der Waals surface area contributed by atoms with Crippen LogP contribution in [0.5, 0.6) is 0 Å². The number of halogens is 1. The number of hydrogen-bond donors (Lipinski definition) is 3. The Morgan fingerprint density at radius 2 is 1.33 bits per heavy atom. The quantitative estimate of drug-likeness (QED) is 0.0940. The minimum atomic E-state index is -0.0524. The maximum atomic E-state index is 12.0. The van der Waals surface area contributed by atoms with E-state index in [-0.39, 0.29) is 19.2 Å². The van der Waals surface area contributed by atoms with Gasteiger partial charge in [-0.2, -0.15) is 5.21 Å². The summed E-state index contributed by atoms with van der Waals surface area (Å²) < 4.78 is 3.58. The molecule has 2 aliphatic carbocycles. The maximum absolute atomic E-state index is 12.0. The summed E-state index contributed by atoms with van der Waals surface area (Å²) in [6.07, 6.45) is 13.3. The molecule has 2 aromatic heterocycles. The number of aromatic amines is 1. The number of alkyl halides is 1. The summed E-state index contributed by atoms with van der Waals surface area (Å²) in [5, 5.41) is 27.3. The molecule has 0 saturated heterocycles. The maximum Gasteiger partial charge on any atom is 0.237 e. The molecule has 15 heteroatoms. The number of tetrazole rings is 2. The normalized spacial score (nSPS) is 14.7. The van der Waals surface area contributed by atoms with E-state index in [2.05, 4.69) is 94.1 Å². The van der Waals surface area contributed by atoms with Gasteiger partial charge in [0.25, 0.3) is 0 Å². The van der Waals surface area contributed by atoms with Crippen molar-refractivity contribution in [2.24, 2.45) is 14.1 Å². The van der Waals surface area contributed by atoms with E-state index in [0.717, 1.165) is 17.3 Å². The van der Waals surface area contributed by atoms with Gasteiger partial charge in [-0.05, 0) is 95.6 Å². The molecule has 48 heavy (non-hydrogen) atoms. The van der Waals surface area contributed by atoms with Crippen LogP contribution in [0.2, 0.25) is 0 Å². The molecule has 4 aromatic rings. The lowest BCUT2D eigenvalue weighted by molar-refractivity contribution is -0.114. The van der Waals surface area contributed by atoms with Crippen molar-refractivity contribution in [1.29, 1.82) is 0 Å². The van der Waals surface area contributed by atoms with Crippen LogP contribution in [0.15, 0.2) is 53.7 Å². The fourth-order valence-electron chi connectivity index (χ4n) is 5.66. The van der Waals surface area contributed by atoms with Gasteiger partial charge < -0.3 is 10.6 Å². The third kappa shape index (κ3) is 12.9. The number of amides is 2. The Morgan fingerprint density at radius 3 is 1.71 bits per heavy atom. The first-order valence-electron chi connectivity index (χ1n) is 16.0. The summed E-state index contributed by atoms with van der Waals surface area (Å²) >= 11 is 9.10. The molecule has 260 valence electrons. The Balaban J connectivity index is 0.000000219. The van der Waals surface area contributed by atoms with Crippen molar-refractivity contribution >= 4 is 63.1 Å². The number of benzene rings is 2. The number of nitrogens with one attached hydrogen (secondary N) is 3. The van der Waals surface area contributed by atoms with Gasteiger partial charge >= 0.3 is 0 Å². The summed E-state index contributed by atoms with van der Waals surface area (Å²) in [6.45, 7) is 0. The Bertz CT molecular complexity index is 1580. The molecule has 0 atom stereocenters. The first-order valence-corrected chi connectivity index (χ1v) is 18.5. The van der Waals surface area contributed by atoms with E-state index in [4.69, 9.17) is 0 Å². The monoisotopic (exact) mass is 758 g/mol. The first kappa shape index (κ1) is 39.0. The molecular formula is C33H47BrN10O2S2. The number of aromatic nitrogens is 8. The average Bonchev–Trinajstić information content (AvgIpc) is 3.71. The molecule has 2 aromatic carbocycles. The molecule has 0 bridgehead atoms. The molecule has 6 rings (SSSR count). The van der Waals surface area contributed by atoms with Crippen molar-refractivity contribution in [3.63, 3.8) is 0 Å². The molecule has 0 radical (unpaired) electrons. The van der Waals surface area contributed by atoms with Crippen LogP contribution in [0.1, 0.15) is 94.6 Å². The van der Waals surface area contributed by atoms with Crippen molar-refractivity contribution < 1.29 is 9.59 Å². The molecule has 2 saturated carbocycles. The van der Waals surface area contributed by atoms with Crippen LogP contribution in [0.4, 0.5) is 11.4 Å². The molecule has 0 spiro atoms. The van der Waals surface area contributed by atoms with Crippen LogP contribution in [0, 0.1) is 4.77 Å². The Labute approximate surface area is 300 Å². The first-order chi connectivity index (χ1) is 22.8. The van der Waals surface area contributed by atoms with E-state index in [1.165, 1.54) is 87.1 Å². The van der Waals surface area contributed by atoms with E-state index in [9.17, 15) is 9.59 Å². The van der Waals surface area contributed by atoms with Crippen LogP contribution in [0.3, 0.4) is 0 Å². The van der Waals surface area contributed by atoms with Crippen molar-refractivity contribution in [1.82, 2.24) is 40.4 Å². The number of carbonyl (C=O) groups excluding carboxylic acids is 2. The molecule has 2 heterocycles. The number of H-pyrrole nitrogens is 1. The second-order valence-electron chi connectivity index (χ2n) is 11.7. The molecule has 0 unspecified atom stereocenters. The van der Waals surface area contributed by atoms with Crippen LogP contribution in [0.25, 0.3) is 0 Å². The van der Waals surface area contributed by atoms with Gasteiger partial charge in [-0.15, -0.1) is 5.10 Å². The van der Waals surface area contributed by atoms with Crippen molar-refractivity contribution in [2.45, 2.75) is 88.6 Å². The molecule has 3 N–H and O–H groups in total. The van der Waals surface area contributed by atoms with Gasteiger partial charge in [0.05, 0.1) is 11.1 Å². The lowest BCUT2D eigenvalue weighted by Crippen LogP contribution is -2.14. The van der Waals surface area contributed by atoms with Gasteiger partial charge in [0.2, 0.25) is 21.7 Å². The number of thioether (sulfide) groups is 1. The summed E-state index contributed by atoms with van der Waals surface area (Å²) in [6, 6.07) is 16.6. The highest BCUT2D eigenvalue weighted by Gasteiger charge is 2.16. The fourth-order valence-corrected chi connectivity index (χ4v) is 6.53. The third-order valence-electron chi connectivity index (χ3n) is 8.19. The van der Waals surface area contributed by atoms with Crippen LogP contribution in [-0.2, 0) is 23.7 Å².